The van der Waals surface area contributed by atoms with Gasteiger partial charge < -0.3 is 10.5 Å². The molecule has 0 atom stereocenters. The topological polar surface area (TPSA) is 48.1 Å². The summed E-state index contributed by atoms with van der Waals surface area (Å²) < 4.78 is 5.63. The lowest BCUT2D eigenvalue weighted by molar-refractivity contribution is 0.322. The Morgan fingerprint density at radius 2 is 2.31 bits per heavy atom. The van der Waals surface area contributed by atoms with Gasteiger partial charge in [-0.2, -0.15) is 0 Å². The number of nitrogens with zero attached hydrogens (tertiary/aromatic N) is 1. The van der Waals surface area contributed by atoms with Crippen molar-refractivity contribution in [2.75, 3.05) is 6.61 Å². The fourth-order valence-electron chi connectivity index (χ4n) is 1.38. The number of rotatable bonds is 5. The van der Waals surface area contributed by atoms with Crippen LogP contribution in [-0.4, -0.2) is 11.6 Å². The van der Waals surface area contributed by atoms with E-state index < -0.39 is 0 Å². The Morgan fingerprint density at radius 3 is 3.06 bits per heavy atom. The molecular weight excluding hydrogens is 220 g/mol. The van der Waals surface area contributed by atoms with Crippen molar-refractivity contribution >= 4 is 11.3 Å². The summed E-state index contributed by atoms with van der Waals surface area (Å²) in [5.41, 5.74) is 6.36. The molecule has 3 nitrogen and oxygen atoms in total. The second kappa shape index (κ2) is 5.63. The van der Waals surface area contributed by atoms with Crippen molar-refractivity contribution in [2.45, 2.75) is 13.0 Å². The second-order valence-electron chi connectivity index (χ2n) is 3.36. The Balaban J connectivity index is 1.85. The fourth-order valence-corrected chi connectivity index (χ4v) is 2.07. The van der Waals surface area contributed by atoms with Crippen molar-refractivity contribution in [1.29, 1.82) is 0 Å². The second-order valence-corrected chi connectivity index (χ2v) is 4.40. The van der Waals surface area contributed by atoms with Crippen molar-refractivity contribution in [3.63, 3.8) is 0 Å². The molecule has 0 aliphatic carbocycles. The molecule has 84 valence electrons. The van der Waals surface area contributed by atoms with Crippen molar-refractivity contribution in [1.82, 2.24) is 4.98 Å². The van der Waals surface area contributed by atoms with E-state index in [1.165, 1.54) is 4.88 Å². The minimum atomic E-state index is 0.447. The van der Waals surface area contributed by atoms with Gasteiger partial charge >= 0.3 is 0 Å². The van der Waals surface area contributed by atoms with E-state index in [1.54, 1.807) is 17.5 Å². The average molecular weight is 234 g/mol. The van der Waals surface area contributed by atoms with E-state index >= 15 is 0 Å². The predicted octanol–water partition coefficient (Wildman–Crippen LogP) is 2.22. The molecular formula is C12H14N2OS. The van der Waals surface area contributed by atoms with Crippen LogP contribution in [0.1, 0.15) is 10.6 Å². The van der Waals surface area contributed by atoms with E-state index in [1.807, 2.05) is 12.1 Å². The Labute approximate surface area is 98.9 Å². The SMILES string of the molecule is NCc1cc(OCCc2cccs2)ccn1. The smallest absolute Gasteiger partial charge is 0.122 e. The highest BCUT2D eigenvalue weighted by Crippen LogP contribution is 2.13. The largest absolute Gasteiger partial charge is 0.493 e. The van der Waals surface area contributed by atoms with Crippen LogP contribution in [0.4, 0.5) is 0 Å². The van der Waals surface area contributed by atoms with E-state index in [4.69, 9.17) is 10.5 Å². The van der Waals surface area contributed by atoms with Crippen LogP contribution in [-0.2, 0) is 13.0 Å². The number of aromatic nitrogens is 1. The first kappa shape index (κ1) is 11.1. The predicted molar refractivity (Wildman–Crippen MR) is 65.6 cm³/mol. The van der Waals surface area contributed by atoms with Crippen molar-refractivity contribution < 1.29 is 4.74 Å². The van der Waals surface area contributed by atoms with Crippen LogP contribution in [0.3, 0.4) is 0 Å². The van der Waals surface area contributed by atoms with Gasteiger partial charge in [-0.3, -0.25) is 4.98 Å². The van der Waals surface area contributed by atoms with Crippen LogP contribution in [0.5, 0.6) is 5.75 Å². The Morgan fingerprint density at radius 1 is 1.38 bits per heavy atom. The standard InChI is InChI=1S/C12H14N2OS/c13-9-10-8-11(3-5-14-10)15-6-4-12-2-1-7-16-12/h1-3,5,7-8H,4,6,9,13H2. The minimum absolute atomic E-state index is 0.447. The first-order valence-corrected chi connectivity index (χ1v) is 6.06. The summed E-state index contributed by atoms with van der Waals surface area (Å²) in [5.74, 6) is 0.840. The molecule has 16 heavy (non-hydrogen) atoms. The molecule has 2 heterocycles. The molecule has 2 aromatic rings. The average Bonchev–Trinajstić information content (AvgIpc) is 2.82. The van der Waals surface area contributed by atoms with Crippen molar-refractivity contribution in [2.24, 2.45) is 5.73 Å². The summed E-state index contributed by atoms with van der Waals surface area (Å²) in [6, 6.07) is 7.91. The monoisotopic (exact) mass is 234 g/mol. The van der Waals surface area contributed by atoms with Crippen LogP contribution >= 0.6 is 11.3 Å². The van der Waals surface area contributed by atoms with Gasteiger partial charge in [0, 0.05) is 30.1 Å². The Kier molecular flexibility index (Phi) is 3.91. The molecule has 0 saturated carbocycles. The highest BCUT2D eigenvalue weighted by Gasteiger charge is 1.98. The van der Waals surface area contributed by atoms with Crippen LogP contribution in [0, 0.1) is 0 Å². The molecule has 0 amide bonds. The summed E-state index contributed by atoms with van der Waals surface area (Å²) in [7, 11) is 0. The van der Waals surface area contributed by atoms with Gasteiger partial charge in [0.1, 0.15) is 5.75 Å². The summed E-state index contributed by atoms with van der Waals surface area (Å²) in [5, 5.41) is 2.08. The van der Waals surface area contributed by atoms with Gasteiger partial charge in [-0.05, 0) is 17.5 Å². The molecule has 0 bridgehead atoms. The first-order valence-electron chi connectivity index (χ1n) is 5.18. The van der Waals surface area contributed by atoms with Crippen molar-refractivity contribution in [3.05, 3.63) is 46.4 Å². The van der Waals surface area contributed by atoms with Gasteiger partial charge in [-0.1, -0.05) is 6.07 Å². The van der Waals surface area contributed by atoms with Gasteiger partial charge in [0.05, 0.1) is 12.3 Å². The summed E-state index contributed by atoms with van der Waals surface area (Å²) >= 11 is 1.75. The Hall–Kier alpha value is -1.39. The molecule has 0 aliphatic heterocycles. The highest BCUT2D eigenvalue weighted by atomic mass is 32.1. The normalized spacial score (nSPS) is 10.3. The first-order chi connectivity index (χ1) is 7.88. The zero-order valence-corrected chi connectivity index (χ0v) is 9.74. The van der Waals surface area contributed by atoms with Gasteiger partial charge in [-0.25, -0.2) is 0 Å². The van der Waals surface area contributed by atoms with Crippen LogP contribution < -0.4 is 10.5 Å². The maximum absolute atomic E-state index is 5.63. The Bertz CT molecular complexity index is 428. The number of nitrogens with two attached hydrogens (primary N) is 1. The summed E-state index contributed by atoms with van der Waals surface area (Å²) in [6.45, 7) is 1.14. The van der Waals surface area contributed by atoms with Gasteiger partial charge in [0.25, 0.3) is 0 Å². The van der Waals surface area contributed by atoms with Gasteiger partial charge in [0.15, 0.2) is 0 Å². The molecule has 2 rings (SSSR count). The van der Waals surface area contributed by atoms with E-state index in [0.717, 1.165) is 17.9 Å². The lowest BCUT2D eigenvalue weighted by Crippen LogP contribution is -2.03. The third-order valence-corrected chi connectivity index (χ3v) is 3.13. The fraction of sp³-hybridized carbons (Fsp3) is 0.250. The maximum atomic E-state index is 5.63. The van der Waals surface area contributed by atoms with E-state index in [0.29, 0.717) is 13.2 Å². The number of ether oxygens (including phenoxy) is 1. The zero-order chi connectivity index (χ0) is 11.2. The number of pyridine rings is 1. The molecule has 2 N–H and O–H groups in total. The molecule has 0 unspecified atom stereocenters. The highest BCUT2D eigenvalue weighted by molar-refractivity contribution is 7.09. The third kappa shape index (κ3) is 3.05. The van der Waals surface area contributed by atoms with E-state index in [2.05, 4.69) is 22.5 Å². The van der Waals surface area contributed by atoms with Crippen LogP contribution in [0.25, 0.3) is 0 Å². The molecule has 0 radical (unpaired) electrons. The molecule has 0 aromatic carbocycles. The summed E-state index contributed by atoms with van der Waals surface area (Å²) in [4.78, 5) is 5.45. The summed E-state index contributed by atoms with van der Waals surface area (Å²) in [6.07, 6.45) is 2.67. The lowest BCUT2D eigenvalue weighted by atomic mass is 10.3. The molecule has 0 spiro atoms. The molecule has 0 fully saturated rings. The van der Waals surface area contributed by atoms with Crippen LogP contribution in [0.2, 0.25) is 0 Å². The van der Waals surface area contributed by atoms with Gasteiger partial charge in [0.2, 0.25) is 0 Å². The third-order valence-electron chi connectivity index (χ3n) is 2.19. The minimum Gasteiger partial charge on any atom is -0.493 e. The van der Waals surface area contributed by atoms with Crippen LogP contribution in [0.15, 0.2) is 35.8 Å². The number of hydrogen-bond donors (Lipinski definition) is 1. The number of thiophene rings is 1. The van der Waals surface area contributed by atoms with E-state index in [-0.39, 0.29) is 0 Å². The van der Waals surface area contributed by atoms with Crippen molar-refractivity contribution in [3.8, 4) is 5.75 Å². The molecule has 0 aliphatic rings. The molecule has 0 saturated heterocycles. The number of hydrogen-bond acceptors (Lipinski definition) is 4. The quantitative estimate of drug-likeness (QED) is 0.863. The van der Waals surface area contributed by atoms with Gasteiger partial charge in [-0.15, -0.1) is 11.3 Å². The van der Waals surface area contributed by atoms with E-state index in [9.17, 15) is 0 Å². The lowest BCUT2D eigenvalue weighted by Gasteiger charge is -2.05. The molecule has 2 aromatic heterocycles. The maximum Gasteiger partial charge on any atom is 0.122 e. The molecule has 4 heteroatoms. The zero-order valence-electron chi connectivity index (χ0n) is 8.93.